The third kappa shape index (κ3) is 3.62. The van der Waals surface area contributed by atoms with Gasteiger partial charge in [0.1, 0.15) is 0 Å². The molecule has 7 heteroatoms. The Bertz CT molecular complexity index is 455. The number of urea groups is 1. The molecule has 98 valence electrons. The number of carbonyl (C=O) groups is 2. The van der Waals surface area contributed by atoms with Crippen molar-refractivity contribution in [2.45, 2.75) is 19.0 Å². The van der Waals surface area contributed by atoms with Crippen molar-refractivity contribution in [2.75, 3.05) is 0 Å². The molecule has 1 aromatic rings. The normalized spacial score (nSPS) is 13.4. The number of aliphatic carboxylic acids is 1. The number of aryl methyl sites for hydroxylation is 1. The van der Waals surface area contributed by atoms with Crippen molar-refractivity contribution in [2.24, 2.45) is 7.05 Å². The van der Waals surface area contributed by atoms with Crippen molar-refractivity contribution < 1.29 is 14.7 Å². The van der Waals surface area contributed by atoms with Crippen LogP contribution in [-0.4, -0.2) is 32.9 Å². The second-order valence-corrected chi connectivity index (χ2v) is 3.86. The van der Waals surface area contributed by atoms with Gasteiger partial charge in [0.2, 0.25) is 0 Å². The first-order valence-corrected chi connectivity index (χ1v) is 5.35. The number of carboxylic acid groups (broad SMARTS) is 1. The summed E-state index contributed by atoms with van der Waals surface area (Å²) in [7, 11) is 1.67. The lowest BCUT2D eigenvalue weighted by atomic mass is 10.1. The molecule has 0 aliphatic rings. The fraction of sp³-hybridized carbons (Fsp3) is 0.364. The second kappa shape index (κ2) is 5.85. The van der Waals surface area contributed by atoms with Crippen LogP contribution in [0.5, 0.6) is 0 Å². The van der Waals surface area contributed by atoms with Crippen LogP contribution >= 0.6 is 0 Å². The largest absolute Gasteiger partial charge is 0.479 e. The van der Waals surface area contributed by atoms with Crippen LogP contribution in [0.2, 0.25) is 0 Å². The quantitative estimate of drug-likeness (QED) is 0.662. The van der Waals surface area contributed by atoms with E-state index >= 15 is 0 Å². The van der Waals surface area contributed by atoms with Gasteiger partial charge < -0.3 is 15.7 Å². The Labute approximate surface area is 104 Å². The fourth-order valence-electron chi connectivity index (χ4n) is 1.32. The molecule has 0 bridgehead atoms. The van der Waals surface area contributed by atoms with Crippen LogP contribution in [0.25, 0.3) is 0 Å². The van der Waals surface area contributed by atoms with Crippen LogP contribution in [0, 0.1) is 0 Å². The van der Waals surface area contributed by atoms with Crippen LogP contribution in [0.15, 0.2) is 25.0 Å². The van der Waals surface area contributed by atoms with E-state index in [9.17, 15) is 9.59 Å². The summed E-state index contributed by atoms with van der Waals surface area (Å²) in [5.74, 6) is -1.15. The van der Waals surface area contributed by atoms with Gasteiger partial charge in [0, 0.05) is 24.8 Å². The molecule has 0 saturated carbocycles. The first-order valence-electron chi connectivity index (χ1n) is 5.35. The minimum absolute atomic E-state index is 0.242. The number of rotatable bonds is 5. The number of carboxylic acids is 1. The second-order valence-electron chi connectivity index (χ2n) is 3.86. The molecule has 3 N–H and O–H groups in total. The molecule has 1 rings (SSSR count). The van der Waals surface area contributed by atoms with Crippen molar-refractivity contribution in [1.29, 1.82) is 0 Å². The summed E-state index contributed by atoms with van der Waals surface area (Å²) in [6.07, 6.45) is 4.48. The number of hydrogen-bond acceptors (Lipinski definition) is 3. The predicted molar refractivity (Wildman–Crippen MR) is 64.9 cm³/mol. The zero-order valence-corrected chi connectivity index (χ0v) is 10.3. The predicted octanol–water partition coefficient (Wildman–Crippen LogP) is 0.419. The summed E-state index contributed by atoms with van der Waals surface area (Å²) in [5, 5.41) is 17.8. The van der Waals surface area contributed by atoms with E-state index in [-0.39, 0.29) is 6.04 Å². The maximum absolute atomic E-state index is 11.5. The van der Waals surface area contributed by atoms with E-state index in [1.165, 1.54) is 17.1 Å². The third-order valence-electron chi connectivity index (χ3n) is 2.29. The lowest BCUT2D eigenvalue weighted by Gasteiger charge is -2.15. The van der Waals surface area contributed by atoms with E-state index in [0.29, 0.717) is 5.56 Å². The Balaban J connectivity index is 2.73. The Morgan fingerprint density at radius 1 is 1.56 bits per heavy atom. The zero-order chi connectivity index (χ0) is 13.7. The molecule has 0 aromatic carbocycles. The molecule has 0 radical (unpaired) electrons. The number of amides is 2. The van der Waals surface area contributed by atoms with Gasteiger partial charge in [-0.3, -0.25) is 4.68 Å². The summed E-state index contributed by atoms with van der Waals surface area (Å²) in [6.45, 7) is 5.25. The molecule has 2 amide bonds. The Kier molecular flexibility index (Phi) is 4.47. The number of hydrogen-bond donors (Lipinski definition) is 3. The monoisotopic (exact) mass is 252 g/mol. The molecular weight excluding hydrogens is 236 g/mol. The van der Waals surface area contributed by atoms with Crippen molar-refractivity contribution in [3.63, 3.8) is 0 Å². The summed E-state index contributed by atoms with van der Waals surface area (Å²) in [6, 6.07) is -1.94. The van der Waals surface area contributed by atoms with Gasteiger partial charge in [-0.25, -0.2) is 9.59 Å². The minimum Gasteiger partial charge on any atom is -0.479 e. The highest BCUT2D eigenvalue weighted by Gasteiger charge is 2.23. The molecule has 1 aromatic heterocycles. The van der Waals surface area contributed by atoms with Crippen LogP contribution in [0.1, 0.15) is 18.5 Å². The van der Waals surface area contributed by atoms with Crippen molar-refractivity contribution in [3.05, 3.63) is 30.6 Å². The highest BCUT2D eigenvalue weighted by molar-refractivity contribution is 5.83. The molecular formula is C11H16N4O3. The highest BCUT2D eigenvalue weighted by atomic mass is 16.4. The molecule has 0 aliphatic carbocycles. The number of aromatic nitrogens is 2. The average Bonchev–Trinajstić information content (AvgIpc) is 2.71. The van der Waals surface area contributed by atoms with Crippen molar-refractivity contribution >= 4 is 12.0 Å². The fourth-order valence-corrected chi connectivity index (χ4v) is 1.32. The van der Waals surface area contributed by atoms with Gasteiger partial charge in [0.15, 0.2) is 6.04 Å². The molecule has 0 aliphatic heterocycles. The molecule has 2 unspecified atom stereocenters. The smallest absolute Gasteiger partial charge is 0.331 e. The Hall–Kier alpha value is -2.31. The topological polar surface area (TPSA) is 96.2 Å². The van der Waals surface area contributed by atoms with Crippen molar-refractivity contribution in [1.82, 2.24) is 20.4 Å². The first kappa shape index (κ1) is 13.8. The van der Waals surface area contributed by atoms with Gasteiger partial charge in [-0.2, -0.15) is 5.10 Å². The molecule has 0 fully saturated rings. The molecule has 0 spiro atoms. The lowest BCUT2D eigenvalue weighted by molar-refractivity contribution is -0.139. The number of carbonyl (C=O) groups excluding carboxylic acids is 1. The van der Waals surface area contributed by atoms with Gasteiger partial charge >= 0.3 is 12.0 Å². The molecule has 0 saturated heterocycles. The third-order valence-corrected chi connectivity index (χ3v) is 2.29. The molecule has 2 atom stereocenters. The summed E-state index contributed by atoms with van der Waals surface area (Å²) in [4.78, 5) is 22.6. The van der Waals surface area contributed by atoms with Crippen LogP contribution in [0.3, 0.4) is 0 Å². The highest BCUT2D eigenvalue weighted by Crippen LogP contribution is 2.11. The van der Waals surface area contributed by atoms with Gasteiger partial charge in [-0.1, -0.05) is 6.08 Å². The lowest BCUT2D eigenvalue weighted by Crippen LogP contribution is -2.43. The summed E-state index contributed by atoms with van der Waals surface area (Å²) in [5.41, 5.74) is 0.409. The van der Waals surface area contributed by atoms with E-state index in [2.05, 4.69) is 22.3 Å². The minimum atomic E-state index is -1.15. The van der Waals surface area contributed by atoms with Crippen molar-refractivity contribution in [3.8, 4) is 0 Å². The maximum atomic E-state index is 11.5. The number of nitrogens with zero attached hydrogens (tertiary/aromatic N) is 2. The van der Waals surface area contributed by atoms with Gasteiger partial charge in [-0.05, 0) is 6.92 Å². The van der Waals surface area contributed by atoms with Crippen LogP contribution < -0.4 is 10.6 Å². The molecule has 1 heterocycles. The van der Waals surface area contributed by atoms with E-state index in [4.69, 9.17) is 5.11 Å². The van der Waals surface area contributed by atoms with E-state index in [1.807, 2.05) is 0 Å². The van der Waals surface area contributed by atoms with Crippen LogP contribution in [0.4, 0.5) is 4.79 Å². The Morgan fingerprint density at radius 3 is 2.67 bits per heavy atom. The van der Waals surface area contributed by atoms with Gasteiger partial charge in [0.25, 0.3) is 0 Å². The standard InChI is InChI=1S/C11H16N4O3/c1-4-7(2)13-11(18)14-9(10(16)17)8-5-12-15(3)6-8/h4-7,9H,1H2,2-3H3,(H,16,17)(H2,13,14,18). The molecule has 7 nitrogen and oxygen atoms in total. The summed E-state index contributed by atoms with van der Waals surface area (Å²) >= 11 is 0. The number of nitrogens with one attached hydrogen (secondary N) is 2. The Morgan fingerprint density at radius 2 is 2.22 bits per heavy atom. The summed E-state index contributed by atoms with van der Waals surface area (Å²) < 4.78 is 1.47. The van der Waals surface area contributed by atoms with E-state index in [1.54, 1.807) is 20.0 Å². The van der Waals surface area contributed by atoms with Crippen LogP contribution in [-0.2, 0) is 11.8 Å². The SMILES string of the molecule is C=CC(C)NC(=O)NC(C(=O)O)c1cnn(C)c1. The van der Waals surface area contributed by atoms with Gasteiger partial charge in [0.05, 0.1) is 6.20 Å². The molecule has 18 heavy (non-hydrogen) atoms. The average molecular weight is 252 g/mol. The zero-order valence-electron chi connectivity index (χ0n) is 10.3. The maximum Gasteiger partial charge on any atom is 0.331 e. The van der Waals surface area contributed by atoms with E-state index < -0.39 is 18.0 Å². The van der Waals surface area contributed by atoms with E-state index in [0.717, 1.165) is 0 Å². The van der Waals surface area contributed by atoms with Gasteiger partial charge in [-0.15, -0.1) is 6.58 Å². The first-order chi connectivity index (χ1) is 8.43.